The van der Waals surface area contributed by atoms with Crippen LogP contribution in [0.15, 0.2) is 41.3 Å². The third-order valence-corrected chi connectivity index (χ3v) is 5.47. The summed E-state index contributed by atoms with van der Waals surface area (Å²) in [5.74, 6) is 0.133. The minimum absolute atomic E-state index is 0.275. The molecule has 27 heavy (non-hydrogen) atoms. The van der Waals surface area contributed by atoms with Gasteiger partial charge in [-0.2, -0.15) is 10.2 Å². The maximum atomic E-state index is 12.7. The topological polar surface area (TPSA) is 64.7 Å². The molecule has 0 unspecified atom stereocenters. The van der Waals surface area contributed by atoms with Crippen molar-refractivity contribution in [1.82, 2.24) is 19.6 Å². The number of nitrogens with zero attached hydrogens (tertiary/aromatic N) is 4. The molecule has 2 heterocycles. The van der Waals surface area contributed by atoms with Crippen LogP contribution in [0.5, 0.6) is 0 Å². The molecule has 1 aromatic carbocycles. The van der Waals surface area contributed by atoms with E-state index in [0.717, 1.165) is 5.56 Å². The van der Waals surface area contributed by atoms with Gasteiger partial charge >= 0.3 is 0 Å². The number of halogens is 4. The van der Waals surface area contributed by atoms with Crippen LogP contribution in [-0.4, -0.2) is 25.5 Å². The number of rotatable bonds is 5. The lowest BCUT2D eigenvalue weighted by Gasteiger charge is -2.23. The quantitative estimate of drug-likeness (QED) is 0.532. The van der Waals surface area contributed by atoms with Gasteiger partial charge in [0.25, 0.3) is 5.91 Å². The van der Waals surface area contributed by atoms with Gasteiger partial charge in [-0.1, -0.05) is 40.9 Å². The fraction of sp³-hybridized carbons (Fsp3) is 0.235. The molecule has 10 heteroatoms. The van der Waals surface area contributed by atoms with Crippen LogP contribution in [0.4, 0.5) is 5.82 Å². The van der Waals surface area contributed by atoms with E-state index in [1.165, 1.54) is 10.9 Å². The summed E-state index contributed by atoms with van der Waals surface area (Å²) >= 11 is 21.3. The smallest absolute Gasteiger partial charge is 0.253 e. The van der Waals surface area contributed by atoms with Crippen LogP contribution in [-0.2, 0) is 16.9 Å². The van der Waals surface area contributed by atoms with E-state index in [0.29, 0.717) is 31.9 Å². The summed E-state index contributed by atoms with van der Waals surface area (Å²) in [6.07, 6.45) is 4.85. The van der Waals surface area contributed by atoms with E-state index < -0.39 is 5.54 Å². The Hall–Kier alpha value is -1.54. The fourth-order valence-corrected chi connectivity index (χ4v) is 3.23. The SMILES string of the molecule is CC(C)(C(=O)Nc1nn(Cc2ccc(Cl)c(Cl)c2)cc1Br)n1cc(Cl)cn1. The second-order valence-electron chi connectivity index (χ2n) is 6.39. The normalized spacial score (nSPS) is 11.6. The van der Waals surface area contributed by atoms with Crippen LogP contribution in [0, 0.1) is 0 Å². The van der Waals surface area contributed by atoms with Crippen molar-refractivity contribution < 1.29 is 4.79 Å². The van der Waals surface area contributed by atoms with E-state index in [1.807, 2.05) is 6.07 Å². The lowest BCUT2D eigenvalue weighted by atomic mass is 10.1. The highest BCUT2D eigenvalue weighted by Gasteiger charge is 2.31. The van der Waals surface area contributed by atoms with Gasteiger partial charge in [0, 0.05) is 12.4 Å². The molecule has 0 radical (unpaired) electrons. The second kappa shape index (κ2) is 7.83. The van der Waals surface area contributed by atoms with Crippen LogP contribution < -0.4 is 5.32 Å². The molecule has 6 nitrogen and oxygen atoms in total. The largest absolute Gasteiger partial charge is 0.306 e. The minimum Gasteiger partial charge on any atom is -0.306 e. The molecule has 0 saturated heterocycles. The average molecular weight is 492 g/mol. The van der Waals surface area contributed by atoms with Crippen LogP contribution in [0.3, 0.4) is 0 Å². The van der Waals surface area contributed by atoms with Gasteiger partial charge in [-0.25, -0.2) is 0 Å². The van der Waals surface area contributed by atoms with Gasteiger partial charge in [0.05, 0.1) is 32.3 Å². The highest BCUT2D eigenvalue weighted by Crippen LogP contribution is 2.26. The van der Waals surface area contributed by atoms with Crippen LogP contribution in [0.1, 0.15) is 19.4 Å². The molecule has 3 rings (SSSR count). The molecule has 2 aromatic heterocycles. The summed E-state index contributed by atoms with van der Waals surface area (Å²) in [6.45, 7) is 3.96. The molecule has 0 aliphatic rings. The zero-order valence-corrected chi connectivity index (χ0v) is 18.2. The third-order valence-electron chi connectivity index (χ3n) is 3.96. The van der Waals surface area contributed by atoms with E-state index >= 15 is 0 Å². The first kappa shape index (κ1) is 20.2. The Morgan fingerprint density at radius 3 is 2.59 bits per heavy atom. The lowest BCUT2D eigenvalue weighted by Crippen LogP contribution is -2.40. The predicted octanol–water partition coefficient (Wildman–Crippen LogP) is 5.22. The molecule has 0 aliphatic carbocycles. The molecule has 1 N–H and O–H groups in total. The van der Waals surface area contributed by atoms with Gasteiger partial charge in [-0.15, -0.1) is 0 Å². The van der Waals surface area contributed by atoms with Crippen molar-refractivity contribution in [3.8, 4) is 0 Å². The van der Waals surface area contributed by atoms with Gasteiger partial charge < -0.3 is 5.32 Å². The zero-order chi connectivity index (χ0) is 19.8. The molecule has 142 valence electrons. The van der Waals surface area contributed by atoms with E-state index in [-0.39, 0.29) is 5.91 Å². The number of nitrogens with one attached hydrogen (secondary N) is 1. The van der Waals surface area contributed by atoms with Crippen molar-refractivity contribution in [2.45, 2.75) is 25.9 Å². The Balaban J connectivity index is 1.76. The summed E-state index contributed by atoms with van der Waals surface area (Å²) in [6, 6.07) is 5.38. The maximum Gasteiger partial charge on any atom is 0.253 e. The minimum atomic E-state index is -0.944. The number of amides is 1. The van der Waals surface area contributed by atoms with Gasteiger partial charge in [0.1, 0.15) is 5.54 Å². The number of benzene rings is 1. The molecule has 0 atom stereocenters. The van der Waals surface area contributed by atoms with Gasteiger partial charge in [-0.3, -0.25) is 14.2 Å². The summed E-state index contributed by atoms with van der Waals surface area (Å²) in [7, 11) is 0. The van der Waals surface area contributed by atoms with Crippen molar-refractivity contribution in [2.75, 3.05) is 5.32 Å². The Morgan fingerprint density at radius 2 is 1.96 bits per heavy atom. The molecule has 0 fully saturated rings. The number of aromatic nitrogens is 4. The van der Waals surface area contributed by atoms with Crippen molar-refractivity contribution in [3.63, 3.8) is 0 Å². The monoisotopic (exact) mass is 489 g/mol. The number of carbonyl (C=O) groups is 1. The van der Waals surface area contributed by atoms with Crippen LogP contribution >= 0.6 is 50.7 Å². The molecule has 0 saturated carbocycles. The van der Waals surface area contributed by atoms with Crippen molar-refractivity contribution in [2.24, 2.45) is 0 Å². The number of carbonyl (C=O) groups excluding carboxylic acids is 1. The fourth-order valence-electron chi connectivity index (χ4n) is 2.36. The van der Waals surface area contributed by atoms with Crippen LogP contribution in [0.2, 0.25) is 15.1 Å². The average Bonchev–Trinajstić information content (AvgIpc) is 3.17. The van der Waals surface area contributed by atoms with Crippen molar-refractivity contribution >= 4 is 62.5 Å². The highest BCUT2D eigenvalue weighted by molar-refractivity contribution is 9.10. The lowest BCUT2D eigenvalue weighted by molar-refractivity contribution is -0.123. The summed E-state index contributed by atoms with van der Waals surface area (Å²) in [5.41, 5.74) is -0.0103. The first-order chi connectivity index (χ1) is 12.7. The molecule has 1 amide bonds. The number of anilines is 1. The summed E-state index contributed by atoms with van der Waals surface area (Å²) in [5, 5.41) is 12.8. The van der Waals surface area contributed by atoms with Gasteiger partial charge in [-0.05, 0) is 47.5 Å². The molecular weight excluding hydrogens is 476 g/mol. The first-order valence-electron chi connectivity index (χ1n) is 7.86. The van der Waals surface area contributed by atoms with Crippen molar-refractivity contribution in [1.29, 1.82) is 0 Å². The zero-order valence-electron chi connectivity index (χ0n) is 14.4. The maximum absolute atomic E-state index is 12.7. The van der Waals surface area contributed by atoms with E-state index in [1.54, 1.807) is 43.1 Å². The standard InChI is InChI=1S/C17H15BrCl3N5O/c1-17(2,26-8-11(19)6-22-26)16(27)23-15-12(18)9-25(24-15)7-10-3-4-13(20)14(21)5-10/h3-6,8-9H,7H2,1-2H3,(H,23,24,27). The van der Waals surface area contributed by atoms with Crippen molar-refractivity contribution in [3.05, 3.63) is 61.9 Å². The Labute approximate surface area is 179 Å². The van der Waals surface area contributed by atoms with Crippen LogP contribution in [0.25, 0.3) is 0 Å². The number of hydrogen-bond acceptors (Lipinski definition) is 3. The number of hydrogen-bond donors (Lipinski definition) is 1. The Bertz CT molecular complexity index is 998. The third kappa shape index (κ3) is 4.48. The van der Waals surface area contributed by atoms with Gasteiger partial charge in [0.2, 0.25) is 0 Å². The van der Waals surface area contributed by atoms with Gasteiger partial charge in [0.15, 0.2) is 5.82 Å². The van der Waals surface area contributed by atoms with E-state index in [4.69, 9.17) is 34.8 Å². The molecule has 3 aromatic rings. The van der Waals surface area contributed by atoms with E-state index in [9.17, 15) is 4.79 Å². The first-order valence-corrected chi connectivity index (χ1v) is 9.78. The molecular formula is C17H15BrCl3N5O. The molecule has 0 spiro atoms. The Morgan fingerprint density at radius 1 is 1.22 bits per heavy atom. The van der Waals surface area contributed by atoms with E-state index in [2.05, 4.69) is 31.4 Å². The molecule has 0 aliphatic heterocycles. The summed E-state index contributed by atoms with van der Waals surface area (Å²) in [4.78, 5) is 12.7. The predicted molar refractivity (Wildman–Crippen MR) is 111 cm³/mol. The Kier molecular flexibility index (Phi) is 5.86. The summed E-state index contributed by atoms with van der Waals surface area (Å²) < 4.78 is 3.85. The highest BCUT2D eigenvalue weighted by atomic mass is 79.9. The second-order valence-corrected chi connectivity index (χ2v) is 8.49. The molecule has 0 bridgehead atoms.